The van der Waals surface area contributed by atoms with E-state index in [1.807, 2.05) is 38.1 Å². The minimum atomic E-state index is -4.08. The molecule has 9 heteroatoms. The summed E-state index contributed by atoms with van der Waals surface area (Å²) < 4.78 is 31.6. The van der Waals surface area contributed by atoms with Gasteiger partial charge in [-0.2, -0.15) is 0 Å². The maximum Gasteiger partial charge on any atom is 0.295 e. The maximum atomic E-state index is 13.7. The molecule has 37 heavy (non-hydrogen) atoms. The molecule has 0 unspecified atom stereocenters. The normalized spacial score (nSPS) is 11.4. The highest BCUT2D eigenvalue weighted by molar-refractivity contribution is 7.92. The van der Waals surface area contributed by atoms with E-state index in [4.69, 9.17) is 0 Å². The fourth-order valence-corrected chi connectivity index (χ4v) is 5.73. The van der Waals surface area contributed by atoms with Crippen molar-refractivity contribution in [3.63, 3.8) is 0 Å². The minimum Gasteiger partial charge on any atom is -0.318 e. The molecule has 1 amide bonds. The topological polar surface area (TPSA) is 93.4 Å². The summed E-state index contributed by atoms with van der Waals surface area (Å²) in [6.45, 7) is 6.81. The number of sulfonamides is 1. The SMILES string of the molecule is Cc1ccc(S(=O)(=O)N(CC(=O)Nc2c(C)n(C)n(-c3ccccc3)c2=O)c2ccc(C)cc2C)cc1. The van der Waals surface area contributed by atoms with E-state index in [2.05, 4.69) is 5.32 Å². The van der Waals surface area contributed by atoms with Crippen molar-refractivity contribution >= 4 is 27.3 Å². The lowest BCUT2D eigenvalue weighted by Gasteiger charge is -2.26. The molecule has 4 rings (SSSR count). The van der Waals surface area contributed by atoms with Crippen LogP contribution >= 0.6 is 0 Å². The highest BCUT2D eigenvalue weighted by Gasteiger charge is 2.29. The van der Waals surface area contributed by atoms with Gasteiger partial charge in [-0.3, -0.25) is 18.6 Å². The van der Waals surface area contributed by atoms with E-state index in [-0.39, 0.29) is 10.6 Å². The van der Waals surface area contributed by atoms with Crippen molar-refractivity contribution in [3.8, 4) is 5.69 Å². The highest BCUT2D eigenvalue weighted by atomic mass is 32.2. The van der Waals surface area contributed by atoms with E-state index in [1.54, 1.807) is 62.0 Å². The number of amides is 1. The van der Waals surface area contributed by atoms with Gasteiger partial charge >= 0.3 is 0 Å². The van der Waals surface area contributed by atoms with Gasteiger partial charge in [-0.05, 0) is 63.6 Å². The number of benzene rings is 3. The van der Waals surface area contributed by atoms with Crippen molar-refractivity contribution in [2.45, 2.75) is 32.6 Å². The van der Waals surface area contributed by atoms with Gasteiger partial charge in [-0.1, -0.05) is 53.6 Å². The first-order valence-corrected chi connectivity index (χ1v) is 13.2. The predicted molar refractivity (Wildman–Crippen MR) is 146 cm³/mol. The Morgan fingerprint density at radius 2 is 1.51 bits per heavy atom. The van der Waals surface area contributed by atoms with Crippen LogP contribution in [-0.4, -0.2) is 30.2 Å². The van der Waals surface area contributed by atoms with Gasteiger partial charge < -0.3 is 5.32 Å². The molecule has 3 aromatic carbocycles. The third kappa shape index (κ3) is 5.08. The number of carbonyl (C=O) groups is 1. The summed E-state index contributed by atoms with van der Waals surface area (Å²) in [5, 5.41) is 2.67. The Labute approximate surface area is 216 Å². The quantitative estimate of drug-likeness (QED) is 0.396. The van der Waals surface area contributed by atoms with Gasteiger partial charge in [-0.25, -0.2) is 13.1 Å². The van der Waals surface area contributed by atoms with Gasteiger partial charge in [0.25, 0.3) is 15.6 Å². The van der Waals surface area contributed by atoms with Crippen molar-refractivity contribution in [2.24, 2.45) is 7.05 Å². The van der Waals surface area contributed by atoms with Crippen molar-refractivity contribution in [1.82, 2.24) is 9.36 Å². The summed E-state index contributed by atoms with van der Waals surface area (Å²) in [4.78, 5) is 26.6. The van der Waals surface area contributed by atoms with Gasteiger partial charge in [0, 0.05) is 7.05 Å². The molecule has 0 atom stereocenters. The molecule has 0 saturated carbocycles. The van der Waals surface area contributed by atoms with Crippen LogP contribution in [-0.2, 0) is 21.9 Å². The van der Waals surface area contributed by atoms with E-state index in [9.17, 15) is 18.0 Å². The van der Waals surface area contributed by atoms with Crippen LogP contribution in [0, 0.1) is 27.7 Å². The smallest absolute Gasteiger partial charge is 0.295 e. The molecule has 0 aliphatic heterocycles. The van der Waals surface area contributed by atoms with Crippen LogP contribution in [0.5, 0.6) is 0 Å². The lowest BCUT2D eigenvalue weighted by molar-refractivity contribution is -0.114. The second-order valence-electron chi connectivity index (χ2n) is 9.10. The number of rotatable bonds is 7. The summed E-state index contributed by atoms with van der Waals surface area (Å²) in [5.74, 6) is -0.623. The molecule has 1 heterocycles. The largest absolute Gasteiger partial charge is 0.318 e. The average Bonchev–Trinajstić information content (AvgIpc) is 3.06. The third-order valence-electron chi connectivity index (χ3n) is 6.34. The molecule has 0 radical (unpaired) electrons. The van der Waals surface area contributed by atoms with Crippen LogP contribution in [0.2, 0.25) is 0 Å². The standard InChI is InChI=1S/C28H30N4O4S/c1-19-11-14-24(15-12-19)37(35,36)31(25-16-13-20(2)17-21(25)3)18-26(33)29-27-22(4)30(5)32(28(27)34)23-9-7-6-8-10-23/h6-17H,18H2,1-5H3,(H,29,33). The van der Waals surface area contributed by atoms with E-state index >= 15 is 0 Å². The van der Waals surface area contributed by atoms with E-state index < -0.39 is 28.0 Å². The fraction of sp³-hybridized carbons (Fsp3) is 0.214. The minimum absolute atomic E-state index is 0.0770. The zero-order valence-electron chi connectivity index (χ0n) is 21.5. The lowest BCUT2D eigenvalue weighted by Crippen LogP contribution is -2.39. The number of nitrogens with zero attached hydrogens (tertiary/aromatic N) is 3. The maximum absolute atomic E-state index is 13.7. The first kappa shape index (κ1) is 26.0. The van der Waals surface area contributed by atoms with Gasteiger partial charge in [0.15, 0.2) is 0 Å². The second kappa shape index (κ2) is 10.1. The van der Waals surface area contributed by atoms with Gasteiger partial charge in [0.1, 0.15) is 12.2 Å². The number of hydrogen-bond donors (Lipinski definition) is 1. The fourth-order valence-electron chi connectivity index (χ4n) is 4.24. The van der Waals surface area contributed by atoms with Crippen LogP contribution in [0.1, 0.15) is 22.4 Å². The van der Waals surface area contributed by atoms with Crippen LogP contribution in [0.3, 0.4) is 0 Å². The number of para-hydroxylation sites is 1. The van der Waals surface area contributed by atoms with Crippen LogP contribution < -0.4 is 15.2 Å². The van der Waals surface area contributed by atoms with E-state index in [0.29, 0.717) is 22.6 Å². The number of aromatic nitrogens is 2. The summed E-state index contributed by atoms with van der Waals surface area (Å²) in [5.41, 5.74) is 3.89. The van der Waals surface area contributed by atoms with Crippen molar-refractivity contribution < 1.29 is 13.2 Å². The molecule has 1 aromatic heterocycles. The molecule has 0 aliphatic rings. The number of hydrogen-bond acceptors (Lipinski definition) is 4. The Balaban J connectivity index is 1.72. The number of nitrogens with one attached hydrogen (secondary N) is 1. The zero-order chi connectivity index (χ0) is 26.9. The highest BCUT2D eigenvalue weighted by Crippen LogP contribution is 2.28. The lowest BCUT2D eigenvalue weighted by atomic mass is 10.1. The Morgan fingerprint density at radius 1 is 0.892 bits per heavy atom. The molecule has 0 fully saturated rings. The predicted octanol–water partition coefficient (Wildman–Crippen LogP) is 4.24. The number of carbonyl (C=O) groups excluding carboxylic acids is 1. The molecular weight excluding hydrogens is 488 g/mol. The molecule has 192 valence electrons. The van der Waals surface area contributed by atoms with Crippen LogP contribution in [0.15, 0.2) is 82.5 Å². The average molecular weight is 519 g/mol. The monoisotopic (exact) mass is 518 g/mol. The molecule has 4 aromatic rings. The van der Waals surface area contributed by atoms with E-state index in [0.717, 1.165) is 15.4 Å². The number of aryl methyl sites for hydroxylation is 3. The Hall–Kier alpha value is -4.11. The summed E-state index contributed by atoms with van der Waals surface area (Å²) in [6.07, 6.45) is 0. The molecule has 0 spiro atoms. The third-order valence-corrected chi connectivity index (χ3v) is 8.11. The first-order chi connectivity index (χ1) is 17.5. The Kier molecular flexibility index (Phi) is 7.09. The molecule has 8 nitrogen and oxygen atoms in total. The molecule has 1 N–H and O–H groups in total. The van der Waals surface area contributed by atoms with Crippen molar-refractivity contribution in [1.29, 1.82) is 0 Å². The number of anilines is 2. The van der Waals surface area contributed by atoms with Crippen molar-refractivity contribution in [3.05, 3.63) is 106 Å². The van der Waals surface area contributed by atoms with Gasteiger partial charge in [0.2, 0.25) is 5.91 Å². The van der Waals surface area contributed by atoms with Gasteiger partial charge in [-0.15, -0.1) is 0 Å². The molecule has 0 saturated heterocycles. The molecular formula is C28H30N4O4S. The Morgan fingerprint density at radius 3 is 2.14 bits per heavy atom. The summed E-state index contributed by atoms with van der Waals surface area (Å²) in [7, 11) is -2.35. The molecule has 0 aliphatic carbocycles. The zero-order valence-corrected chi connectivity index (χ0v) is 22.3. The Bertz CT molecular complexity index is 1620. The molecule has 0 bridgehead atoms. The summed E-state index contributed by atoms with van der Waals surface area (Å²) in [6, 6.07) is 20.9. The van der Waals surface area contributed by atoms with Crippen LogP contribution in [0.4, 0.5) is 11.4 Å². The van der Waals surface area contributed by atoms with E-state index in [1.165, 1.54) is 16.8 Å². The summed E-state index contributed by atoms with van der Waals surface area (Å²) >= 11 is 0. The van der Waals surface area contributed by atoms with Gasteiger partial charge in [0.05, 0.1) is 22.0 Å². The second-order valence-corrected chi connectivity index (χ2v) is 11.0. The van der Waals surface area contributed by atoms with Crippen LogP contribution in [0.25, 0.3) is 5.69 Å². The van der Waals surface area contributed by atoms with Crippen molar-refractivity contribution in [2.75, 3.05) is 16.2 Å². The first-order valence-electron chi connectivity index (χ1n) is 11.8.